The lowest BCUT2D eigenvalue weighted by Gasteiger charge is -2.34. The number of hydrogen-bond donors (Lipinski definition) is 2. The molecule has 1 saturated heterocycles. The van der Waals surface area contributed by atoms with E-state index < -0.39 is 0 Å². The number of thioether (sulfide) groups is 1. The fourth-order valence-electron chi connectivity index (χ4n) is 2.73. The average Bonchev–Trinajstić information content (AvgIpc) is 2.72. The lowest BCUT2D eigenvalue weighted by atomic mass is 10.2. The molecule has 0 aliphatic carbocycles. The van der Waals surface area contributed by atoms with E-state index in [1.807, 2.05) is 17.9 Å². The van der Waals surface area contributed by atoms with Gasteiger partial charge in [0.05, 0.1) is 6.54 Å². The lowest BCUT2D eigenvalue weighted by molar-refractivity contribution is -0.131. The zero-order chi connectivity index (χ0) is 20.4. The average molecular weight is 536 g/mol. The molecule has 1 fully saturated rings. The standard InChI is InChI=1S/C19H33N7OS.HI/c1-5-20-17(24-15-19(2,3)28-4)21-10-7-16(27)25-11-13-26(14-12-25)18-22-8-6-9-23-18;/h6,8-9H,5,7,10-15H2,1-4H3,(H2,20,21,24);1H. The van der Waals surface area contributed by atoms with Crippen LogP contribution in [0.1, 0.15) is 27.2 Å². The molecule has 0 bridgehead atoms. The third-order valence-corrected chi connectivity index (χ3v) is 5.85. The molecule has 1 aromatic rings. The van der Waals surface area contributed by atoms with Crippen LogP contribution in [0.15, 0.2) is 23.5 Å². The summed E-state index contributed by atoms with van der Waals surface area (Å²) in [7, 11) is 0. The SMILES string of the molecule is CCNC(=NCC(C)(C)SC)NCCC(=O)N1CCN(c2ncccn2)CC1.I. The number of carbonyl (C=O) groups excluding carboxylic acids is 1. The zero-order valence-electron chi connectivity index (χ0n) is 17.8. The van der Waals surface area contributed by atoms with Crippen molar-refractivity contribution in [3.63, 3.8) is 0 Å². The third kappa shape index (κ3) is 8.93. The smallest absolute Gasteiger partial charge is 0.225 e. The first-order valence-corrected chi connectivity index (χ1v) is 11.0. The number of aromatic nitrogens is 2. The molecule has 29 heavy (non-hydrogen) atoms. The molecule has 0 unspecified atom stereocenters. The van der Waals surface area contributed by atoms with E-state index in [4.69, 9.17) is 0 Å². The Hall–Kier alpha value is -1.30. The number of halogens is 1. The van der Waals surface area contributed by atoms with Crippen LogP contribution >= 0.6 is 35.7 Å². The number of nitrogens with one attached hydrogen (secondary N) is 2. The quantitative estimate of drug-likeness (QED) is 0.299. The Labute approximate surface area is 195 Å². The van der Waals surface area contributed by atoms with Crippen molar-refractivity contribution < 1.29 is 4.79 Å². The summed E-state index contributed by atoms with van der Waals surface area (Å²) in [5.41, 5.74) is 0. The van der Waals surface area contributed by atoms with E-state index in [0.29, 0.717) is 26.1 Å². The van der Waals surface area contributed by atoms with Crippen LogP contribution in [0.5, 0.6) is 0 Å². The summed E-state index contributed by atoms with van der Waals surface area (Å²) >= 11 is 1.80. The first-order chi connectivity index (χ1) is 13.4. The van der Waals surface area contributed by atoms with Gasteiger partial charge in [0.25, 0.3) is 0 Å². The van der Waals surface area contributed by atoms with Crippen molar-refractivity contribution >= 4 is 53.6 Å². The Kier molecular flexibility index (Phi) is 11.6. The van der Waals surface area contributed by atoms with Crippen LogP contribution < -0.4 is 15.5 Å². The van der Waals surface area contributed by atoms with E-state index in [-0.39, 0.29) is 34.6 Å². The Morgan fingerprint density at radius 3 is 2.45 bits per heavy atom. The molecular weight excluding hydrogens is 501 g/mol. The van der Waals surface area contributed by atoms with Gasteiger partial charge in [-0.1, -0.05) is 0 Å². The van der Waals surface area contributed by atoms with Gasteiger partial charge in [0, 0.05) is 62.8 Å². The van der Waals surface area contributed by atoms with Crippen LogP contribution in [0, 0.1) is 0 Å². The van der Waals surface area contributed by atoms with Gasteiger partial charge in [-0.15, -0.1) is 24.0 Å². The molecule has 2 N–H and O–H groups in total. The van der Waals surface area contributed by atoms with Crippen LogP contribution in [0.2, 0.25) is 0 Å². The molecule has 1 amide bonds. The molecule has 2 heterocycles. The summed E-state index contributed by atoms with van der Waals surface area (Å²) in [4.78, 5) is 29.7. The topological polar surface area (TPSA) is 85.8 Å². The number of nitrogens with zero attached hydrogens (tertiary/aromatic N) is 5. The Bertz CT molecular complexity index is 637. The van der Waals surface area contributed by atoms with Crippen molar-refractivity contribution in [1.82, 2.24) is 25.5 Å². The van der Waals surface area contributed by atoms with E-state index >= 15 is 0 Å². The fourth-order valence-corrected chi connectivity index (χ4v) is 2.93. The van der Waals surface area contributed by atoms with Crippen molar-refractivity contribution in [2.45, 2.75) is 31.9 Å². The second-order valence-corrected chi connectivity index (χ2v) is 8.77. The van der Waals surface area contributed by atoms with E-state index in [9.17, 15) is 4.79 Å². The maximum absolute atomic E-state index is 12.5. The minimum atomic E-state index is 0. The first kappa shape index (κ1) is 25.7. The number of piperazine rings is 1. The predicted octanol–water partition coefficient (Wildman–Crippen LogP) is 1.83. The van der Waals surface area contributed by atoms with Crippen molar-refractivity contribution in [3.8, 4) is 0 Å². The molecule has 0 saturated carbocycles. The van der Waals surface area contributed by atoms with Crippen LogP contribution in [0.25, 0.3) is 0 Å². The highest BCUT2D eigenvalue weighted by molar-refractivity contribution is 14.0. The number of aliphatic imine (C=N–C) groups is 1. The van der Waals surface area contributed by atoms with Gasteiger partial charge >= 0.3 is 0 Å². The molecule has 8 nitrogen and oxygen atoms in total. The van der Waals surface area contributed by atoms with Crippen LogP contribution in [-0.4, -0.2) is 83.6 Å². The van der Waals surface area contributed by atoms with Gasteiger partial charge in [0.15, 0.2) is 5.96 Å². The number of guanidine groups is 1. The second-order valence-electron chi connectivity index (χ2n) is 7.25. The summed E-state index contributed by atoms with van der Waals surface area (Å²) in [6.07, 6.45) is 6.04. The molecule has 10 heteroatoms. The summed E-state index contributed by atoms with van der Waals surface area (Å²) in [6, 6.07) is 1.81. The van der Waals surface area contributed by atoms with E-state index in [2.05, 4.69) is 50.6 Å². The largest absolute Gasteiger partial charge is 0.357 e. The van der Waals surface area contributed by atoms with Crippen LogP contribution in [0.3, 0.4) is 0 Å². The van der Waals surface area contributed by atoms with Gasteiger partial charge in [-0.05, 0) is 33.1 Å². The van der Waals surface area contributed by atoms with Gasteiger partial charge < -0.3 is 20.4 Å². The third-order valence-electron chi connectivity index (χ3n) is 4.61. The Balaban J connectivity index is 0.00000420. The number of hydrogen-bond acceptors (Lipinski definition) is 6. The van der Waals surface area contributed by atoms with Crippen LogP contribution in [-0.2, 0) is 4.79 Å². The maximum atomic E-state index is 12.5. The summed E-state index contributed by atoms with van der Waals surface area (Å²) in [6.45, 7) is 11.4. The number of rotatable bonds is 8. The minimum absolute atomic E-state index is 0. The van der Waals surface area contributed by atoms with E-state index in [0.717, 1.165) is 38.1 Å². The van der Waals surface area contributed by atoms with Gasteiger partial charge in [0.1, 0.15) is 0 Å². The molecule has 1 aromatic heterocycles. The van der Waals surface area contributed by atoms with E-state index in [1.54, 1.807) is 24.2 Å². The highest BCUT2D eigenvalue weighted by atomic mass is 127. The van der Waals surface area contributed by atoms with Gasteiger partial charge in [0.2, 0.25) is 11.9 Å². The van der Waals surface area contributed by atoms with Crippen LogP contribution in [0.4, 0.5) is 5.95 Å². The highest BCUT2D eigenvalue weighted by Crippen LogP contribution is 2.20. The van der Waals surface area contributed by atoms with Gasteiger partial charge in [-0.3, -0.25) is 9.79 Å². The molecule has 164 valence electrons. The van der Waals surface area contributed by atoms with Crippen molar-refractivity contribution in [1.29, 1.82) is 0 Å². The van der Waals surface area contributed by atoms with Crippen molar-refractivity contribution in [3.05, 3.63) is 18.5 Å². The Morgan fingerprint density at radius 2 is 1.86 bits per heavy atom. The molecule has 0 aromatic carbocycles. The second kappa shape index (κ2) is 13.1. The zero-order valence-corrected chi connectivity index (χ0v) is 21.0. The Morgan fingerprint density at radius 1 is 1.21 bits per heavy atom. The van der Waals surface area contributed by atoms with Crippen molar-refractivity contribution in [2.75, 3.05) is 57.0 Å². The molecule has 0 atom stereocenters. The number of carbonyl (C=O) groups is 1. The molecule has 1 aliphatic rings. The molecular formula is C19H34IN7OS. The summed E-state index contributed by atoms with van der Waals surface area (Å²) < 4.78 is 0.0975. The monoisotopic (exact) mass is 535 g/mol. The van der Waals surface area contributed by atoms with Gasteiger partial charge in [-0.25, -0.2) is 9.97 Å². The predicted molar refractivity (Wildman–Crippen MR) is 132 cm³/mol. The van der Waals surface area contributed by atoms with E-state index in [1.165, 1.54) is 0 Å². The maximum Gasteiger partial charge on any atom is 0.225 e. The number of amides is 1. The first-order valence-electron chi connectivity index (χ1n) is 9.82. The molecule has 1 aliphatic heterocycles. The molecule has 2 rings (SSSR count). The molecule has 0 radical (unpaired) electrons. The lowest BCUT2D eigenvalue weighted by Crippen LogP contribution is -2.50. The fraction of sp³-hybridized carbons (Fsp3) is 0.684. The summed E-state index contributed by atoms with van der Waals surface area (Å²) in [5.74, 6) is 1.67. The van der Waals surface area contributed by atoms with Crippen molar-refractivity contribution in [2.24, 2.45) is 4.99 Å². The number of anilines is 1. The highest BCUT2D eigenvalue weighted by Gasteiger charge is 2.22. The van der Waals surface area contributed by atoms with Gasteiger partial charge in [-0.2, -0.15) is 11.8 Å². The summed E-state index contributed by atoms with van der Waals surface area (Å²) in [5, 5.41) is 6.51. The minimum Gasteiger partial charge on any atom is -0.357 e. The molecule has 0 spiro atoms. The normalized spacial score (nSPS) is 15.0.